The van der Waals surface area contributed by atoms with Crippen LogP contribution in [0.3, 0.4) is 0 Å². The van der Waals surface area contributed by atoms with Crippen LogP contribution in [0.4, 0.5) is 14.9 Å². The Balaban J connectivity index is 2.76. The normalized spacial score (nSPS) is 12.9. The number of aryl methyl sites for hydroxylation is 1. The van der Waals surface area contributed by atoms with E-state index in [9.17, 15) is 9.18 Å². The van der Waals surface area contributed by atoms with E-state index in [1.54, 1.807) is 39.0 Å². The van der Waals surface area contributed by atoms with Gasteiger partial charge in [-0.05, 0) is 57.9 Å². The Labute approximate surface area is 119 Å². The molecule has 4 nitrogen and oxygen atoms in total. The largest absolute Gasteiger partial charge is 0.444 e. The Hall–Kier alpha value is -1.62. The third kappa shape index (κ3) is 5.17. The van der Waals surface area contributed by atoms with Crippen LogP contribution >= 0.6 is 0 Å². The smallest absolute Gasteiger partial charge is 0.412 e. The predicted molar refractivity (Wildman–Crippen MR) is 78.6 cm³/mol. The first-order valence-electron chi connectivity index (χ1n) is 6.67. The van der Waals surface area contributed by atoms with Crippen LogP contribution in [0, 0.1) is 6.92 Å². The van der Waals surface area contributed by atoms with Gasteiger partial charge in [-0.25, -0.2) is 9.18 Å². The van der Waals surface area contributed by atoms with E-state index in [4.69, 9.17) is 10.5 Å². The quantitative estimate of drug-likeness (QED) is 0.885. The van der Waals surface area contributed by atoms with Crippen molar-refractivity contribution in [1.82, 2.24) is 0 Å². The molecule has 1 atom stereocenters. The fraction of sp³-hybridized carbons (Fsp3) is 0.533. The fourth-order valence-electron chi connectivity index (χ4n) is 1.75. The summed E-state index contributed by atoms with van der Waals surface area (Å²) in [5.74, 6) is 0. The topological polar surface area (TPSA) is 64.3 Å². The van der Waals surface area contributed by atoms with Gasteiger partial charge in [0.25, 0.3) is 0 Å². The van der Waals surface area contributed by atoms with Gasteiger partial charge >= 0.3 is 6.09 Å². The van der Waals surface area contributed by atoms with Crippen molar-refractivity contribution >= 4 is 11.8 Å². The van der Waals surface area contributed by atoms with Gasteiger partial charge in [0.05, 0.1) is 0 Å². The zero-order chi connectivity index (χ0) is 15.3. The summed E-state index contributed by atoms with van der Waals surface area (Å²) in [6.45, 7) is 7.50. The molecule has 0 aliphatic rings. The summed E-state index contributed by atoms with van der Waals surface area (Å²) in [4.78, 5) is 11.7. The lowest BCUT2D eigenvalue weighted by Gasteiger charge is -2.20. The van der Waals surface area contributed by atoms with E-state index >= 15 is 0 Å². The van der Waals surface area contributed by atoms with E-state index in [0.717, 1.165) is 5.56 Å². The molecule has 112 valence electrons. The van der Waals surface area contributed by atoms with E-state index in [1.807, 2.05) is 6.92 Å². The number of nitrogens with two attached hydrogens (primary N) is 1. The number of halogens is 1. The molecule has 5 heteroatoms. The number of alkyl halides is 1. The molecular weight excluding hydrogens is 259 g/mol. The van der Waals surface area contributed by atoms with Crippen molar-refractivity contribution in [2.45, 2.75) is 45.9 Å². The van der Waals surface area contributed by atoms with Crippen LogP contribution in [0.2, 0.25) is 0 Å². The number of amides is 1. The van der Waals surface area contributed by atoms with Crippen molar-refractivity contribution in [3.63, 3.8) is 0 Å². The van der Waals surface area contributed by atoms with Crippen molar-refractivity contribution in [3.8, 4) is 0 Å². The number of carbonyl (C=O) groups is 1. The van der Waals surface area contributed by atoms with Crippen LogP contribution in [0.15, 0.2) is 18.2 Å². The third-order valence-electron chi connectivity index (χ3n) is 2.67. The highest BCUT2D eigenvalue weighted by atomic mass is 19.1. The summed E-state index contributed by atoms with van der Waals surface area (Å²) < 4.78 is 18.9. The first kappa shape index (κ1) is 16.4. The van der Waals surface area contributed by atoms with Gasteiger partial charge in [0, 0.05) is 5.69 Å². The highest BCUT2D eigenvalue weighted by Gasteiger charge is 2.17. The molecule has 20 heavy (non-hydrogen) atoms. The van der Waals surface area contributed by atoms with Gasteiger partial charge in [0.1, 0.15) is 11.8 Å². The van der Waals surface area contributed by atoms with Crippen molar-refractivity contribution in [2.75, 3.05) is 11.9 Å². The standard InChI is InChI=1S/C15H23FN2O2/c1-10-9-11(12(16)7-8-17)5-6-13(10)18-14(19)20-15(2,3)4/h5-6,9,12H,7-8,17H2,1-4H3,(H,18,19). The minimum Gasteiger partial charge on any atom is -0.444 e. The van der Waals surface area contributed by atoms with Gasteiger partial charge in [0.15, 0.2) is 0 Å². The molecule has 0 aliphatic heterocycles. The molecule has 3 N–H and O–H groups in total. The molecule has 0 spiro atoms. The molecule has 0 aliphatic carbocycles. The average molecular weight is 282 g/mol. The summed E-state index contributed by atoms with van der Waals surface area (Å²) >= 11 is 0. The van der Waals surface area contributed by atoms with Gasteiger partial charge in [-0.1, -0.05) is 12.1 Å². The first-order valence-corrected chi connectivity index (χ1v) is 6.67. The maximum atomic E-state index is 13.7. The van der Waals surface area contributed by atoms with Crippen molar-refractivity contribution in [2.24, 2.45) is 5.73 Å². The Kier molecular flexibility index (Phi) is 5.51. The van der Waals surface area contributed by atoms with Crippen LogP contribution in [0.5, 0.6) is 0 Å². The average Bonchev–Trinajstić information content (AvgIpc) is 2.29. The molecule has 0 aromatic heterocycles. The molecule has 1 amide bonds. The fourth-order valence-corrected chi connectivity index (χ4v) is 1.75. The van der Waals surface area contributed by atoms with E-state index < -0.39 is 17.9 Å². The lowest BCUT2D eigenvalue weighted by Crippen LogP contribution is -2.27. The second kappa shape index (κ2) is 6.70. The number of benzene rings is 1. The summed E-state index contributed by atoms with van der Waals surface area (Å²) in [5, 5.41) is 2.66. The molecule has 0 fully saturated rings. The molecule has 0 bridgehead atoms. The number of rotatable bonds is 4. The van der Waals surface area contributed by atoms with Gasteiger partial charge in [-0.3, -0.25) is 5.32 Å². The van der Waals surface area contributed by atoms with Gasteiger partial charge < -0.3 is 10.5 Å². The lowest BCUT2D eigenvalue weighted by atomic mass is 10.0. The maximum Gasteiger partial charge on any atom is 0.412 e. The second-order valence-corrected chi connectivity index (χ2v) is 5.75. The van der Waals surface area contributed by atoms with E-state index in [0.29, 0.717) is 17.8 Å². The zero-order valence-corrected chi connectivity index (χ0v) is 12.5. The molecule has 0 saturated carbocycles. The van der Waals surface area contributed by atoms with Crippen molar-refractivity contribution in [3.05, 3.63) is 29.3 Å². The van der Waals surface area contributed by atoms with Gasteiger partial charge in [0.2, 0.25) is 0 Å². The Morgan fingerprint density at radius 2 is 2.10 bits per heavy atom. The number of carbonyl (C=O) groups excluding carboxylic acids is 1. The number of anilines is 1. The number of ether oxygens (including phenoxy) is 1. The summed E-state index contributed by atoms with van der Waals surface area (Å²) in [5.41, 5.74) is 6.76. The molecule has 0 radical (unpaired) electrons. The molecular formula is C15H23FN2O2. The summed E-state index contributed by atoms with van der Waals surface area (Å²) in [6, 6.07) is 5.05. The number of nitrogens with one attached hydrogen (secondary N) is 1. The van der Waals surface area contributed by atoms with Crippen LogP contribution in [0.1, 0.15) is 44.5 Å². The van der Waals surface area contributed by atoms with E-state index in [2.05, 4.69) is 5.32 Å². The van der Waals surface area contributed by atoms with E-state index in [-0.39, 0.29) is 6.42 Å². The molecule has 0 saturated heterocycles. The Morgan fingerprint density at radius 3 is 2.60 bits per heavy atom. The van der Waals surface area contributed by atoms with Gasteiger partial charge in [-0.2, -0.15) is 0 Å². The minimum atomic E-state index is -1.07. The van der Waals surface area contributed by atoms with Crippen LogP contribution in [-0.2, 0) is 4.74 Å². The summed E-state index contributed by atoms with van der Waals surface area (Å²) in [7, 11) is 0. The highest BCUT2D eigenvalue weighted by Crippen LogP contribution is 2.25. The minimum absolute atomic E-state index is 0.290. The van der Waals surface area contributed by atoms with Gasteiger partial charge in [-0.15, -0.1) is 0 Å². The predicted octanol–water partition coefficient (Wildman–Crippen LogP) is 3.70. The second-order valence-electron chi connectivity index (χ2n) is 5.75. The monoisotopic (exact) mass is 282 g/mol. The Morgan fingerprint density at radius 1 is 1.45 bits per heavy atom. The first-order chi connectivity index (χ1) is 9.23. The molecule has 1 unspecified atom stereocenters. The number of hydrogen-bond acceptors (Lipinski definition) is 3. The SMILES string of the molecule is Cc1cc(C(F)CCN)ccc1NC(=O)OC(C)(C)C. The Bertz CT molecular complexity index is 469. The molecule has 1 aromatic rings. The molecule has 1 aromatic carbocycles. The molecule has 1 rings (SSSR count). The van der Waals surface area contributed by atoms with Crippen LogP contribution < -0.4 is 11.1 Å². The van der Waals surface area contributed by atoms with Crippen LogP contribution in [-0.4, -0.2) is 18.2 Å². The summed E-state index contributed by atoms with van der Waals surface area (Å²) in [6.07, 6.45) is -1.31. The lowest BCUT2D eigenvalue weighted by molar-refractivity contribution is 0.0636. The van der Waals surface area contributed by atoms with Crippen molar-refractivity contribution in [1.29, 1.82) is 0 Å². The van der Waals surface area contributed by atoms with Crippen molar-refractivity contribution < 1.29 is 13.9 Å². The number of hydrogen-bond donors (Lipinski definition) is 2. The van der Waals surface area contributed by atoms with Crippen LogP contribution in [0.25, 0.3) is 0 Å². The molecule has 0 heterocycles. The zero-order valence-electron chi connectivity index (χ0n) is 12.5. The van der Waals surface area contributed by atoms with E-state index in [1.165, 1.54) is 0 Å². The highest BCUT2D eigenvalue weighted by molar-refractivity contribution is 5.85. The maximum absolute atomic E-state index is 13.7. The third-order valence-corrected chi connectivity index (χ3v) is 2.67.